The predicted molar refractivity (Wildman–Crippen MR) is 177 cm³/mol. The maximum atomic E-state index is 13.2. The largest absolute Gasteiger partial charge is 0.488 e. The Hall–Kier alpha value is -4.21. The van der Waals surface area contributed by atoms with Gasteiger partial charge in [0.25, 0.3) is 5.91 Å². The first kappa shape index (κ1) is 30.8. The lowest BCUT2D eigenvalue weighted by Gasteiger charge is -2.25. The number of aromatic nitrogens is 1. The van der Waals surface area contributed by atoms with Gasteiger partial charge in [-0.3, -0.25) is 4.79 Å². The maximum absolute atomic E-state index is 13.2. The fourth-order valence-corrected chi connectivity index (χ4v) is 6.31. The summed E-state index contributed by atoms with van der Waals surface area (Å²) in [6.45, 7) is 9.72. The number of carbonyl (C=O) groups excluding carboxylic acids is 1. The van der Waals surface area contributed by atoms with Crippen LogP contribution in [0.4, 0.5) is 0 Å². The first-order valence-corrected chi connectivity index (χ1v) is 16.7. The molecule has 0 unspecified atom stereocenters. The topological polar surface area (TPSA) is 77.3 Å². The van der Waals surface area contributed by atoms with E-state index in [9.17, 15) is 4.79 Å². The number of ether oxygens (including phenoxy) is 2. The van der Waals surface area contributed by atoms with Crippen molar-refractivity contribution in [2.24, 2.45) is 0 Å². The van der Waals surface area contributed by atoms with Crippen LogP contribution in [0.2, 0.25) is 0 Å². The summed E-state index contributed by atoms with van der Waals surface area (Å²) in [6.07, 6.45) is 0. The Bertz CT molecular complexity index is 1630. The van der Waals surface area contributed by atoms with E-state index in [2.05, 4.69) is 37.2 Å². The fourth-order valence-electron chi connectivity index (χ4n) is 5.41. The highest BCUT2D eigenvalue weighted by atomic mass is 32.2. The summed E-state index contributed by atoms with van der Waals surface area (Å²) < 4.78 is 18.8. The summed E-state index contributed by atoms with van der Waals surface area (Å²) in [5, 5.41) is 6.06. The van der Waals surface area contributed by atoms with Gasteiger partial charge in [-0.25, -0.2) is 0 Å². The van der Waals surface area contributed by atoms with Gasteiger partial charge in [-0.05, 0) is 35.6 Å². The zero-order chi connectivity index (χ0) is 31.2. The summed E-state index contributed by atoms with van der Waals surface area (Å²) in [4.78, 5) is 21.5. The molecule has 3 aromatic carbocycles. The first-order chi connectivity index (χ1) is 22.0. The Morgan fingerprint density at radius 3 is 2.18 bits per heavy atom. The summed E-state index contributed by atoms with van der Waals surface area (Å²) in [7, 11) is 0. The van der Waals surface area contributed by atoms with Crippen LogP contribution >= 0.6 is 11.8 Å². The molecule has 0 radical (unpaired) electrons. The normalized spacial score (nSPS) is 15.4. The number of thioether (sulfide) groups is 1. The highest BCUT2D eigenvalue weighted by molar-refractivity contribution is 7.99. The monoisotopic (exact) mass is 625 g/mol. The second-order valence-corrected chi connectivity index (χ2v) is 12.7. The van der Waals surface area contributed by atoms with E-state index in [1.54, 1.807) is 6.07 Å². The molecule has 4 aromatic rings. The number of likely N-dealkylation sites (N-methyl/N-ethyl adjacent to an activating group) is 1. The van der Waals surface area contributed by atoms with Crippen LogP contribution < -0.4 is 9.47 Å². The molecule has 0 atom stereocenters. The number of hydrogen-bond donors (Lipinski definition) is 0. The molecule has 45 heavy (non-hydrogen) atoms. The standard InChI is InChI=1S/C36H39N3O5S/c1-4-39-22-30(34-20-31(37-43-34)36(40)38-15-17-45-18-16-38)35(44-39)29-19-28(25(2)3)32(41-23-26-11-7-5-8-12-26)21-33(29)42-24-27-13-9-6-10-14-27/h5-14,19-21,25H,4,15-18,22-24H2,1-3H3. The molecule has 234 valence electrons. The van der Waals surface area contributed by atoms with Crippen LogP contribution in [0.5, 0.6) is 11.5 Å². The van der Waals surface area contributed by atoms with Crippen molar-refractivity contribution in [3.05, 3.63) is 113 Å². The average Bonchev–Trinajstić information content (AvgIpc) is 3.75. The molecule has 9 heteroatoms. The Morgan fingerprint density at radius 1 is 0.911 bits per heavy atom. The Kier molecular flexibility index (Phi) is 9.76. The lowest BCUT2D eigenvalue weighted by atomic mass is 9.96. The zero-order valence-corrected chi connectivity index (χ0v) is 26.8. The van der Waals surface area contributed by atoms with Crippen LogP contribution in [0.15, 0.2) is 83.4 Å². The average molecular weight is 626 g/mol. The van der Waals surface area contributed by atoms with E-state index >= 15 is 0 Å². The number of carbonyl (C=O) groups is 1. The van der Waals surface area contributed by atoms with E-state index < -0.39 is 0 Å². The molecule has 8 nitrogen and oxygen atoms in total. The van der Waals surface area contributed by atoms with Crippen molar-refractivity contribution in [1.29, 1.82) is 0 Å². The molecule has 0 saturated carbocycles. The van der Waals surface area contributed by atoms with E-state index in [0.717, 1.165) is 45.1 Å². The molecule has 2 aliphatic rings. The van der Waals surface area contributed by atoms with Crippen LogP contribution in [0, 0.1) is 0 Å². The Labute approximate surface area is 268 Å². The van der Waals surface area contributed by atoms with Crippen LogP contribution in [-0.2, 0) is 18.1 Å². The van der Waals surface area contributed by atoms with Gasteiger partial charge in [0.2, 0.25) is 0 Å². The number of hydrogen-bond acceptors (Lipinski definition) is 8. The van der Waals surface area contributed by atoms with Gasteiger partial charge >= 0.3 is 0 Å². The van der Waals surface area contributed by atoms with E-state index in [-0.39, 0.29) is 11.8 Å². The molecular formula is C36H39N3O5S. The van der Waals surface area contributed by atoms with E-state index in [4.69, 9.17) is 18.8 Å². The summed E-state index contributed by atoms with van der Waals surface area (Å²) in [5.41, 5.74) is 5.10. The zero-order valence-electron chi connectivity index (χ0n) is 26.0. The summed E-state index contributed by atoms with van der Waals surface area (Å²) in [6, 6.07) is 26.0. The first-order valence-electron chi connectivity index (χ1n) is 15.5. The summed E-state index contributed by atoms with van der Waals surface area (Å²) in [5.74, 6) is 4.47. The highest BCUT2D eigenvalue weighted by Gasteiger charge is 2.32. The molecule has 0 bridgehead atoms. The van der Waals surface area contributed by atoms with Gasteiger partial charge in [0.15, 0.2) is 17.2 Å². The third-order valence-electron chi connectivity index (χ3n) is 7.96. The smallest absolute Gasteiger partial charge is 0.276 e. The van der Waals surface area contributed by atoms with E-state index in [1.807, 2.05) is 83.2 Å². The quantitative estimate of drug-likeness (QED) is 0.172. The van der Waals surface area contributed by atoms with Crippen molar-refractivity contribution >= 4 is 29.0 Å². The molecule has 3 heterocycles. The minimum absolute atomic E-state index is 0.104. The van der Waals surface area contributed by atoms with Crippen LogP contribution in [-0.4, -0.2) is 58.7 Å². The third-order valence-corrected chi connectivity index (χ3v) is 8.90. The highest BCUT2D eigenvalue weighted by Crippen LogP contribution is 2.43. The molecule has 1 aromatic heterocycles. The maximum Gasteiger partial charge on any atom is 0.276 e. The van der Waals surface area contributed by atoms with Crippen molar-refractivity contribution in [2.75, 3.05) is 37.7 Å². The second-order valence-electron chi connectivity index (χ2n) is 11.4. The van der Waals surface area contributed by atoms with Crippen molar-refractivity contribution in [3.63, 3.8) is 0 Å². The molecule has 0 spiro atoms. The number of benzene rings is 3. The molecule has 1 fully saturated rings. The molecule has 2 aliphatic heterocycles. The van der Waals surface area contributed by atoms with Gasteiger partial charge in [0.1, 0.15) is 24.7 Å². The number of amides is 1. The molecule has 0 N–H and O–H groups in total. The SMILES string of the molecule is CCN1CC(c2cc(C(=O)N3CCSCC3)no2)=C(c2cc(C(C)C)c(OCc3ccccc3)cc2OCc2ccccc2)O1. The van der Waals surface area contributed by atoms with Crippen molar-refractivity contribution in [2.45, 2.75) is 39.9 Å². The molecule has 1 amide bonds. The van der Waals surface area contributed by atoms with Gasteiger partial charge < -0.3 is 23.7 Å². The minimum Gasteiger partial charge on any atom is -0.488 e. The van der Waals surface area contributed by atoms with E-state index in [1.165, 1.54) is 0 Å². The third kappa shape index (κ3) is 7.21. The second kappa shape index (κ2) is 14.3. The number of rotatable bonds is 11. The van der Waals surface area contributed by atoms with Crippen LogP contribution in [0.25, 0.3) is 11.3 Å². The summed E-state index contributed by atoms with van der Waals surface area (Å²) >= 11 is 1.86. The lowest BCUT2D eigenvalue weighted by molar-refractivity contribution is -0.0557. The predicted octanol–water partition coefficient (Wildman–Crippen LogP) is 7.28. The number of nitrogens with zero attached hydrogens (tertiary/aromatic N) is 3. The minimum atomic E-state index is -0.104. The fraction of sp³-hybridized carbons (Fsp3) is 0.333. The van der Waals surface area contributed by atoms with Crippen molar-refractivity contribution in [1.82, 2.24) is 15.1 Å². The molecule has 1 saturated heterocycles. The van der Waals surface area contributed by atoms with Gasteiger partial charge in [-0.2, -0.15) is 11.8 Å². The van der Waals surface area contributed by atoms with Gasteiger partial charge in [0, 0.05) is 43.3 Å². The molecular weight excluding hydrogens is 586 g/mol. The van der Waals surface area contributed by atoms with Gasteiger partial charge in [0.05, 0.1) is 17.7 Å². The van der Waals surface area contributed by atoms with Crippen molar-refractivity contribution in [3.8, 4) is 11.5 Å². The van der Waals surface area contributed by atoms with Crippen LogP contribution in [0.1, 0.15) is 65.2 Å². The lowest BCUT2D eigenvalue weighted by Crippen LogP contribution is -2.38. The van der Waals surface area contributed by atoms with Gasteiger partial charge in [-0.1, -0.05) is 79.7 Å². The molecule has 0 aliphatic carbocycles. The van der Waals surface area contributed by atoms with Crippen molar-refractivity contribution < 1.29 is 23.6 Å². The number of hydroxylamine groups is 2. The van der Waals surface area contributed by atoms with Gasteiger partial charge in [-0.15, -0.1) is 5.06 Å². The Morgan fingerprint density at radius 2 is 1.56 bits per heavy atom. The van der Waals surface area contributed by atoms with Crippen LogP contribution in [0.3, 0.4) is 0 Å². The Balaban J connectivity index is 1.40. The molecule has 6 rings (SSSR count). The van der Waals surface area contributed by atoms with E-state index in [0.29, 0.717) is 62.4 Å².